The largest absolute Gasteiger partial charge is 0.508 e. The number of hydrogen-bond acceptors (Lipinski definition) is 11. The number of phenolic OH excluding ortho intramolecular Hbond substituents is 4. The summed E-state index contributed by atoms with van der Waals surface area (Å²) >= 11 is 0. The van der Waals surface area contributed by atoms with Crippen molar-refractivity contribution in [2.45, 2.75) is 17.0 Å². The van der Waals surface area contributed by atoms with Crippen LogP contribution in [-0.4, -0.2) is 87.1 Å². The second-order valence-corrected chi connectivity index (χ2v) is 12.4. The van der Waals surface area contributed by atoms with Crippen LogP contribution in [0.2, 0.25) is 0 Å². The summed E-state index contributed by atoms with van der Waals surface area (Å²) in [4.78, 5) is 51.0. The van der Waals surface area contributed by atoms with Crippen molar-refractivity contribution in [3.05, 3.63) is 113 Å². The summed E-state index contributed by atoms with van der Waals surface area (Å²) in [6.07, 6.45) is -1.27. The number of hydrogen-bond donors (Lipinski definition) is 6. The minimum absolute atomic E-state index is 0.0406. The third-order valence-corrected chi connectivity index (χ3v) is 9.22. The number of ketones is 1. The smallest absolute Gasteiger partial charge is 0.338 e. The monoisotopic (exact) mass is 662 g/mol. The molecule has 1 heterocycles. The van der Waals surface area contributed by atoms with Crippen LogP contribution in [0.4, 0.5) is 0 Å². The molecule has 1 fully saturated rings. The van der Waals surface area contributed by atoms with E-state index in [1.807, 2.05) is 0 Å². The van der Waals surface area contributed by atoms with E-state index in [1.54, 1.807) is 6.07 Å². The van der Waals surface area contributed by atoms with Gasteiger partial charge in [0.15, 0.2) is 0 Å². The van der Waals surface area contributed by atoms with Gasteiger partial charge in [-0.2, -0.15) is 4.31 Å². The van der Waals surface area contributed by atoms with Crippen molar-refractivity contribution in [3.8, 4) is 23.0 Å². The van der Waals surface area contributed by atoms with Gasteiger partial charge >= 0.3 is 11.9 Å². The van der Waals surface area contributed by atoms with Crippen molar-refractivity contribution in [2.75, 3.05) is 13.1 Å². The minimum atomic E-state index is -4.10. The molecule has 2 atom stereocenters. The Morgan fingerprint density at radius 3 is 2.00 bits per heavy atom. The topological polar surface area (TPSA) is 228 Å². The fourth-order valence-corrected chi connectivity index (χ4v) is 6.55. The summed E-state index contributed by atoms with van der Waals surface area (Å²) in [6, 6.07) is 16.4. The molecule has 1 aliphatic heterocycles. The molecule has 0 saturated carbocycles. The highest BCUT2D eigenvalue weighted by atomic mass is 32.2. The number of esters is 1. The zero-order chi connectivity index (χ0) is 34.0. The molecule has 1 amide bonds. The number of rotatable bonds is 9. The number of nitrogens with one attached hydrogen (secondary N) is 1. The van der Waals surface area contributed by atoms with Crippen molar-refractivity contribution in [1.29, 1.82) is 0 Å². The predicted octanol–water partition coefficient (Wildman–Crippen LogP) is 2.47. The lowest BCUT2D eigenvalue weighted by atomic mass is 9.95. The number of amides is 1. The van der Waals surface area contributed by atoms with Gasteiger partial charge in [-0.25, -0.2) is 18.0 Å². The number of sulfonamides is 1. The van der Waals surface area contributed by atoms with E-state index in [4.69, 9.17) is 4.74 Å². The highest BCUT2D eigenvalue weighted by Gasteiger charge is 2.42. The quantitative estimate of drug-likeness (QED) is 0.112. The fourth-order valence-electron chi connectivity index (χ4n) is 5.05. The van der Waals surface area contributed by atoms with Crippen molar-refractivity contribution < 1.29 is 57.9 Å². The van der Waals surface area contributed by atoms with Gasteiger partial charge in [0, 0.05) is 12.1 Å². The number of nitrogens with zero attached hydrogens (tertiary/aromatic N) is 1. The molecule has 0 unspecified atom stereocenters. The second kappa shape index (κ2) is 12.8. The maximum Gasteiger partial charge on any atom is 0.338 e. The van der Waals surface area contributed by atoms with Crippen LogP contribution < -0.4 is 5.32 Å². The molecule has 5 rings (SSSR count). The Morgan fingerprint density at radius 1 is 0.745 bits per heavy atom. The number of benzene rings is 4. The number of carbonyl (C=O) groups excluding carboxylic acids is 3. The van der Waals surface area contributed by atoms with E-state index in [-0.39, 0.29) is 29.3 Å². The molecule has 0 radical (unpaired) electrons. The van der Waals surface area contributed by atoms with Crippen molar-refractivity contribution >= 4 is 33.7 Å². The van der Waals surface area contributed by atoms with E-state index in [0.29, 0.717) is 0 Å². The third-order valence-electron chi connectivity index (χ3n) is 7.38. The lowest BCUT2D eigenvalue weighted by Gasteiger charge is -2.20. The number of aromatic hydroxyl groups is 4. The van der Waals surface area contributed by atoms with E-state index >= 15 is 0 Å². The number of ether oxygens (including phenoxy) is 1. The highest BCUT2D eigenvalue weighted by Crippen LogP contribution is 2.35. The summed E-state index contributed by atoms with van der Waals surface area (Å²) in [5, 5.41) is 53.1. The number of phenols is 4. The predicted molar refractivity (Wildman–Crippen MR) is 162 cm³/mol. The van der Waals surface area contributed by atoms with Crippen molar-refractivity contribution in [1.82, 2.24) is 9.62 Å². The van der Waals surface area contributed by atoms with Crippen LogP contribution in [0.25, 0.3) is 0 Å². The molecular weight excluding hydrogens is 636 g/mol. The number of carboxylic acid groups (broad SMARTS) is 1. The van der Waals surface area contributed by atoms with E-state index in [2.05, 4.69) is 5.32 Å². The van der Waals surface area contributed by atoms with Gasteiger partial charge in [0.05, 0.1) is 34.2 Å². The fraction of sp³-hybridized carbons (Fsp3) is 0.125. The molecule has 15 heteroatoms. The van der Waals surface area contributed by atoms with Crippen LogP contribution >= 0.6 is 0 Å². The van der Waals surface area contributed by atoms with Gasteiger partial charge < -0.3 is 35.6 Å². The van der Waals surface area contributed by atoms with Crippen LogP contribution in [0.3, 0.4) is 0 Å². The summed E-state index contributed by atoms with van der Waals surface area (Å²) < 4.78 is 33.3. The summed E-state index contributed by atoms with van der Waals surface area (Å²) in [7, 11) is -4.10. The molecule has 47 heavy (non-hydrogen) atoms. The SMILES string of the molecule is O=C(N[C@@H]1CN(S(=O)(=O)c2ccccc2)C[C@H]1OC(=O)c1cc(O)c(C(=O)c2c(O)cccc2C(=O)O)c(O)c1)c1ccc(O)cc1. The first-order valence-corrected chi connectivity index (χ1v) is 15.2. The molecule has 0 spiro atoms. The molecule has 0 bridgehead atoms. The number of aromatic carboxylic acids is 1. The van der Waals surface area contributed by atoms with Crippen LogP contribution in [0.1, 0.15) is 47.0 Å². The van der Waals surface area contributed by atoms with Crippen molar-refractivity contribution in [2.24, 2.45) is 0 Å². The zero-order valence-corrected chi connectivity index (χ0v) is 24.9. The zero-order valence-electron chi connectivity index (χ0n) is 24.1. The molecule has 1 aliphatic rings. The maximum atomic E-state index is 13.4. The van der Waals surface area contributed by atoms with E-state index in [9.17, 15) is 53.1 Å². The Kier molecular flexibility index (Phi) is 8.86. The second-order valence-electron chi connectivity index (χ2n) is 10.4. The first kappa shape index (κ1) is 32.5. The average molecular weight is 663 g/mol. The Labute approximate surface area is 266 Å². The van der Waals surface area contributed by atoms with Gasteiger partial charge in [-0.15, -0.1) is 0 Å². The standard InChI is InChI=1S/C32H26N2O12S/c35-19-11-9-17(10-12-19)30(40)33-22-15-34(47(44,45)20-5-2-1-3-6-20)16-26(22)46-32(43)18-13-24(37)28(25(38)14-18)29(39)27-21(31(41)42)7-4-8-23(27)36/h1-14,22,26,35-38H,15-16H2,(H,33,40)(H,41,42)/t22-,26-/m1/s1. The highest BCUT2D eigenvalue weighted by molar-refractivity contribution is 7.89. The van der Waals surface area contributed by atoms with Crippen molar-refractivity contribution in [3.63, 3.8) is 0 Å². The molecule has 4 aromatic rings. The number of carboxylic acids is 1. The van der Waals surface area contributed by atoms with Gasteiger partial charge in [0.1, 0.15) is 34.7 Å². The first-order chi connectivity index (χ1) is 22.3. The lowest BCUT2D eigenvalue weighted by molar-refractivity contribution is 0.0275. The lowest BCUT2D eigenvalue weighted by Crippen LogP contribution is -2.44. The Hall–Kier alpha value is -5.93. The molecule has 242 valence electrons. The van der Waals surface area contributed by atoms with Gasteiger partial charge in [0.25, 0.3) is 5.91 Å². The van der Waals surface area contributed by atoms with Crippen LogP contribution in [0.5, 0.6) is 23.0 Å². The minimum Gasteiger partial charge on any atom is -0.508 e. The van der Waals surface area contributed by atoms with Gasteiger partial charge in [-0.3, -0.25) is 9.59 Å². The molecule has 4 aromatic carbocycles. The molecule has 0 aliphatic carbocycles. The van der Waals surface area contributed by atoms with Crippen LogP contribution in [0.15, 0.2) is 89.8 Å². The molecule has 1 saturated heterocycles. The summed E-state index contributed by atoms with van der Waals surface area (Å²) in [5.74, 6) is -7.34. The Morgan fingerprint density at radius 2 is 1.38 bits per heavy atom. The van der Waals surface area contributed by atoms with Gasteiger partial charge in [-0.1, -0.05) is 24.3 Å². The average Bonchev–Trinajstić information content (AvgIpc) is 3.43. The Balaban J connectivity index is 1.42. The van der Waals surface area contributed by atoms with Gasteiger partial charge in [0.2, 0.25) is 15.8 Å². The first-order valence-electron chi connectivity index (χ1n) is 13.8. The van der Waals surface area contributed by atoms with E-state index in [1.165, 1.54) is 54.6 Å². The van der Waals surface area contributed by atoms with E-state index < -0.39 is 85.3 Å². The van der Waals surface area contributed by atoms with E-state index in [0.717, 1.165) is 28.6 Å². The van der Waals surface area contributed by atoms with Crippen LogP contribution in [0, 0.1) is 0 Å². The number of carbonyl (C=O) groups is 4. The van der Waals surface area contributed by atoms with Gasteiger partial charge in [-0.05, 0) is 60.7 Å². The summed E-state index contributed by atoms with van der Waals surface area (Å²) in [5.41, 5.74) is -2.46. The molecule has 6 N–H and O–H groups in total. The molecular formula is C32H26N2O12S. The third kappa shape index (κ3) is 6.56. The Bertz CT molecular complexity index is 1970. The summed E-state index contributed by atoms with van der Waals surface area (Å²) in [6.45, 7) is -0.682. The molecule has 14 nitrogen and oxygen atoms in total. The van der Waals surface area contributed by atoms with Crippen LogP contribution in [-0.2, 0) is 14.8 Å². The normalized spacial score (nSPS) is 16.3. The maximum absolute atomic E-state index is 13.4. The molecule has 0 aromatic heterocycles.